The van der Waals surface area contributed by atoms with E-state index in [-0.39, 0.29) is 28.7 Å². The van der Waals surface area contributed by atoms with Gasteiger partial charge in [-0.05, 0) is 0 Å². The van der Waals surface area contributed by atoms with E-state index < -0.39 is 0 Å². The summed E-state index contributed by atoms with van der Waals surface area (Å²) in [6, 6.07) is 1.84. The molecule has 25 heavy (non-hydrogen) atoms. The van der Waals surface area contributed by atoms with Crippen LogP contribution in [0.15, 0.2) is 0 Å². The third-order valence-electron chi connectivity index (χ3n) is 5.57. The second-order valence-corrected chi connectivity index (χ2v) is 9.53. The van der Waals surface area contributed by atoms with Crippen molar-refractivity contribution >= 4 is 0 Å². The van der Waals surface area contributed by atoms with Crippen LogP contribution in [0.2, 0.25) is 0 Å². The van der Waals surface area contributed by atoms with Crippen LogP contribution >= 0.6 is 0 Å². The molecule has 1 heterocycles. The molecule has 2 N–H and O–H groups in total. The number of rotatable bonds is 0. The number of hydrogen-bond acceptors (Lipinski definition) is 4. The SMILES string of the molecule is CC1CCNC(C)CCN(C)C(C)CCN(C)[C](C)([Ti+2])CCN1.[Cl-].[Cl-]. The first kappa shape index (κ1) is 28.3. The van der Waals surface area contributed by atoms with E-state index in [2.05, 4.69) is 82.7 Å². The van der Waals surface area contributed by atoms with E-state index in [1.165, 1.54) is 38.8 Å². The monoisotopic (exact) mass is 429 g/mol. The summed E-state index contributed by atoms with van der Waals surface area (Å²) in [4.78, 5) is 5.06. The van der Waals surface area contributed by atoms with Crippen LogP contribution < -0.4 is 35.4 Å². The van der Waals surface area contributed by atoms with Crippen molar-refractivity contribution in [3.8, 4) is 0 Å². The van der Waals surface area contributed by atoms with Gasteiger partial charge in [-0.25, -0.2) is 0 Å². The van der Waals surface area contributed by atoms with Crippen LogP contribution in [0.4, 0.5) is 0 Å². The molecule has 1 aliphatic rings. The Labute approximate surface area is 180 Å². The van der Waals surface area contributed by atoms with Crippen LogP contribution in [0.5, 0.6) is 0 Å². The molecule has 1 rings (SSSR count). The Hall–Kier alpha value is 1.13. The molecule has 149 valence electrons. The fourth-order valence-electron chi connectivity index (χ4n) is 2.97. The standard InChI is InChI=1S/C18H39N4.2ClH.Ti/c1-15-7-11-19-16(2)9-13-21(5)18(4)10-14-22(6)17(3)8-12-20-15;;;/h15-16,18-20H,7-14H2,1-6H3;2*1H;/q;;;+2/p-2. The van der Waals surface area contributed by atoms with Crippen molar-refractivity contribution in [2.24, 2.45) is 0 Å². The van der Waals surface area contributed by atoms with E-state index in [1.54, 1.807) is 0 Å². The predicted molar refractivity (Wildman–Crippen MR) is 96.5 cm³/mol. The molecule has 4 nitrogen and oxygen atoms in total. The van der Waals surface area contributed by atoms with Crippen molar-refractivity contribution in [2.45, 2.75) is 75.3 Å². The van der Waals surface area contributed by atoms with E-state index in [0.29, 0.717) is 18.1 Å². The Morgan fingerprint density at radius 1 is 0.880 bits per heavy atom. The normalized spacial score (nSPS) is 35.4. The molecular weight excluding hydrogens is 391 g/mol. The van der Waals surface area contributed by atoms with E-state index in [0.717, 1.165) is 13.1 Å². The molecule has 0 spiro atoms. The topological polar surface area (TPSA) is 30.5 Å². The molecule has 1 saturated heterocycles. The zero-order chi connectivity index (χ0) is 17.5. The zero-order valence-corrected chi connectivity index (χ0v) is 20.1. The molecule has 4 unspecified atom stereocenters. The first-order valence-corrected chi connectivity index (χ1v) is 10.1. The second kappa shape index (κ2) is 14.2. The Morgan fingerprint density at radius 3 is 2.08 bits per heavy atom. The molecule has 1 aliphatic heterocycles. The fourth-order valence-corrected chi connectivity index (χ4v) is 3.34. The molecule has 1 fully saturated rings. The first-order valence-electron chi connectivity index (χ1n) is 9.35. The molecule has 7 heteroatoms. The average molecular weight is 430 g/mol. The summed E-state index contributed by atoms with van der Waals surface area (Å²) in [5, 5.41) is 7.37. The molecule has 0 aromatic rings. The second-order valence-electron chi connectivity index (χ2n) is 7.85. The number of nitrogens with zero attached hydrogens (tertiary/aromatic N) is 2. The van der Waals surface area contributed by atoms with Crippen LogP contribution in [0.1, 0.15) is 53.4 Å². The van der Waals surface area contributed by atoms with E-state index in [4.69, 9.17) is 0 Å². The predicted octanol–water partition coefficient (Wildman–Crippen LogP) is -3.96. The number of nitrogens with one attached hydrogen (secondary N) is 2. The number of halogens is 2. The van der Waals surface area contributed by atoms with Gasteiger partial charge in [-0.3, -0.25) is 0 Å². The molecule has 4 atom stereocenters. The maximum atomic E-state index is 3.70. The van der Waals surface area contributed by atoms with Gasteiger partial charge < -0.3 is 24.8 Å². The Kier molecular flexibility index (Phi) is 16.1. The van der Waals surface area contributed by atoms with E-state index >= 15 is 0 Å². The zero-order valence-electron chi connectivity index (χ0n) is 17.0. The van der Waals surface area contributed by atoms with Gasteiger partial charge in [-0.15, -0.1) is 0 Å². The van der Waals surface area contributed by atoms with E-state index in [1.807, 2.05) is 0 Å². The van der Waals surface area contributed by atoms with Gasteiger partial charge in [0, 0.05) is 0 Å². The van der Waals surface area contributed by atoms with Crippen LogP contribution in [0.3, 0.4) is 0 Å². The van der Waals surface area contributed by atoms with Crippen molar-refractivity contribution in [2.75, 3.05) is 40.3 Å². The first-order chi connectivity index (χ1) is 10.7. The smallest absolute Gasteiger partial charge is 1.00 e. The third-order valence-corrected chi connectivity index (χ3v) is 6.55. The summed E-state index contributed by atoms with van der Waals surface area (Å²) in [5.74, 6) is 0. The third kappa shape index (κ3) is 11.5. The van der Waals surface area contributed by atoms with Gasteiger partial charge in [0.05, 0.1) is 0 Å². The molecular formula is C18H39Cl2N4Ti. The Morgan fingerprint density at radius 2 is 1.44 bits per heavy atom. The van der Waals surface area contributed by atoms with Gasteiger partial charge in [0.1, 0.15) is 0 Å². The van der Waals surface area contributed by atoms with Crippen molar-refractivity contribution in [1.29, 1.82) is 0 Å². The van der Waals surface area contributed by atoms with Crippen LogP contribution in [-0.2, 0) is 20.4 Å². The molecule has 0 amide bonds. The van der Waals surface area contributed by atoms with Gasteiger partial charge >= 0.3 is 156 Å². The maximum Gasteiger partial charge on any atom is -1.00 e. The summed E-state index contributed by atoms with van der Waals surface area (Å²) in [7, 11) is 4.56. The minimum absolute atomic E-state index is 0. The van der Waals surface area contributed by atoms with Crippen molar-refractivity contribution < 1.29 is 45.2 Å². The van der Waals surface area contributed by atoms with Crippen molar-refractivity contribution in [3.05, 3.63) is 0 Å². The average Bonchev–Trinajstić information content (AvgIpc) is 2.48. The molecule has 0 aliphatic carbocycles. The largest absolute Gasteiger partial charge is 1.00 e. The summed E-state index contributed by atoms with van der Waals surface area (Å²) < 4.78 is 0.259. The van der Waals surface area contributed by atoms with Crippen LogP contribution in [0.25, 0.3) is 0 Å². The molecule has 0 aromatic carbocycles. The molecule has 0 saturated carbocycles. The molecule has 0 radical (unpaired) electrons. The van der Waals surface area contributed by atoms with Gasteiger partial charge in [0.15, 0.2) is 0 Å². The molecule has 0 aromatic heterocycles. The summed E-state index contributed by atoms with van der Waals surface area (Å²) in [6.45, 7) is 13.9. The van der Waals surface area contributed by atoms with Crippen LogP contribution in [0, 0.1) is 0 Å². The summed E-state index contributed by atoms with van der Waals surface area (Å²) in [6.07, 6.45) is 4.86. The Balaban J connectivity index is 0. The fraction of sp³-hybridized carbons (Fsp3) is 1.00. The Bertz CT molecular complexity index is 334. The van der Waals surface area contributed by atoms with Crippen molar-refractivity contribution in [3.63, 3.8) is 0 Å². The minimum Gasteiger partial charge on any atom is -1.00 e. The quantitative estimate of drug-likeness (QED) is 0.385. The minimum atomic E-state index is 0. The van der Waals surface area contributed by atoms with Gasteiger partial charge in [-0.2, -0.15) is 0 Å². The van der Waals surface area contributed by atoms with E-state index in [9.17, 15) is 0 Å². The van der Waals surface area contributed by atoms with Gasteiger partial charge in [0.2, 0.25) is 0 Å². The number of hydrogen-bond donors (Lipinski definition) is 2. The summed E-state index contributed by atoms with van der Waals surface area (Å²) >= 11 is 2.38. The maximum absolute atomic E-state index is 3.70. The summed E-state index contributed by atoms with van der Waals surface area (Å²) in [5.41, 5.74) is 0. The molecule has 0 bridgehead atoms. The van der Waals surface area contributed by atoms with Gasteiger partial charge in [-0.1, -0.05) is 0 Å². The van der Waals surface area contributed by atoms with Gasteiger partial charge in [0.25, 0.3) is 0 Å². The van der Waals surface area contributed by atoms with Crippen molar-refractivity contribution in [1.82, 2.24) is 20.4 Å². The van der Waals surface area contributed by atoms with Crippen LogP contribution in [-0.4, -0.2) is 72.0 Å².